The lowest BCUT2D eigenvalue weighted by atomic mass is 10.2. The van der Waals surface area contributed by atoms with Crippen LogP contribution in [0.4, 0.5) is 13.2 Å². The summed E-state index contributed by atoms with van der Waals surface area (Å²) in [5.74, 6) is -0.0177. The monoisotopic (exact) mass is 425 g/mol. The summed E-state index contributed by atoms with van der Waals surface area (Å²) >= 11 is 5.91. The van der Waals surface area contributed by atoms with Gasteiger partial charge in [-0.1, -0.05) is 11.6 Å². The molecule has 1 aliphatic rings. The summed E-state index contributed by atoms with van der Waals surface area (Å²) in [6.07, 6.45) is -1.55. The highest BCUT2D eigenvalue weighted by Gasteiger charge is 2.41. The molecular weight excluding hydrogens is 407 g/mol. The Kier molecular flexibility index (Phi) is 5.30. The van der Waals surface area contributed by atoms with Gasteiger partial charge in [0.1, 0.15) is 4.90 Å². The van der Waals surface area contributed by atoms with Crippen LogP contribution in [0.1, 0.15) is 42.3 Å². The largest absolute Gasteiger partial charge is 0.436 e. The summed E-state index contributed by atoms with van der Waals surface area (Å²) in [6, 6.07) is 0. The first-order valence-electron chi connectivity index (χ1n) is 8.34. The number of aromatic nitrogens is 4. The molecule has 0 amide bonds. The van der Waals surface area contributed by atoms with E-state index < -0.39 is 21.9 Å². The third-order valence-corrected chi connectivity index (χ3v) is 6.42. The van der Waals surface area contributed by atoms with E-state index in [1.165, 1.54) is 15.6 Å². The smallest absolute Gasteiger partial charge is 0.272 e. The number of alkyl halides is 3. The zero-order valence-corrected chi connectivity index (χ0v) is 16.3. The van der Waals surface area contributed by atoms with Crippen molar-refractivity contribution in [3.05, 3.63) is 28.3 Å². The molecule has 1 aliphatic carbocycles. The molecule has 2 aromatic rings. The molecule has 12 heteroatoms. The van der Waals surface area contributed by atoms with E-state index in [0.29, 0.717) is 11.4 Å². The Labute approximate surface area is 159 Å². The highest BCUT2D eigenvalue weighted by atomic mass is 35.5. The van der Waals surface area contributed by atoms with Gasteiger partial charge in [0.2, 0.25) is 10.0 Å². The fourth-order valence-electron chi connectivity index (χ4n) is 2.81. The number of halogens is 4. The molecule has 1 N–H and O–H groups in total. The predicted octanol–water partition coefficient (Wildman–Crippen LogP) is 2.84. The summed E-state index contributed by atoms with van der Waals surface area (Å²) in [7, 11) is -2.10. The Morgan fingerprint density at radius 1 is 1.37 bits per heavy atom. The number of aryl methyl sites for hydroxylation is 2. The highest BCUT2D eigenvalue weighted by molar-refractivity contribution is 7.89. The first-order valence-corrected chi connectivity index (χ1v) is 10.2. The van der Waals surface area contributed by atoms with Crippen molar-refractivity contribution in [1.82, 2.24) is 24.3 Å². The first-order chi connectivity index (χ1) is 12.5. The molecule has 0 unspecified atom stereocenters. The zero-order valence-electron chi connectivity index (χ0n) is 14.7. The van der Waals surface area contributed by atoms with Gasteiger partial charge in [0.05, 0.1) is 22.6 Å². The molecule has 0 spiro atoms. The van der Waals surface area contributed by atoms with Crippen LogP contribution in [0.5, 0.6) is 0 Å². The molecular formula is C15H19ClF3N5O2S. The Balaban J connectivity index is 1.67. The van der Waals surface area contributed by atoms with Gasteiger partial charge in [0, 0.05) is 26.1 Å². The van der Waals surface area contributed by atoms with Crippen molar-refractivity contribution < 1.29 is 21.6 Å². The second-order valence-electron chi connectivity index (χ2n) is 6.51. The fraction of sp³-hybridized carbons (Fsp3) is 0.600. The van der Waals surface area contributed by atoms with Gasteiger partial charge in [-0.3, -0.25) is 9.36 Å². The molecule has 3 rings (SSSR count). The van der Waals surface area contributed by atoms with Crippen molar-refractivity contribution in [2.24, 2.45) is 7.05 Å². The molecule has 7 nitrogen and oxygen atoms in total. The SMILES string of the molecule is Cc1c(S(=O)(=O)NCCCn2nc(C(F)(F)F)c(Cl)c2C2CC2)cnn1C. The summed E-state index contributed by atoms with van der Waals surface area (Å²) in [6.45, 7) is 1.82. The summed E-state index contributed by atoms with van der Waals surface area (Å²) in [5, 5.41) is 7.16. The Bertz CT molecular complexity index is 948. The van der Waals surface area contributed by atoms with E-state index in [4.69, 9.17) is 11.6 Å². The molecule has 0 bridgehead atoms. The minimum absolute atomic E-state index is 0.0177. The first kappa shape index (κ1) is 20.2. The normalized spacial score (nSPS) is 15.5. The van der Waals surface area contributed by atoms with Gasteiger partial charge in [-0.15, -0.1) is 0 Å². The van der Waals surface area contributed by atoms with Crippen LogP contribution in [0.25, 0.3) is 0 Å². The van der Waals surface area contributed by atoms with Gasteiger partial charge in [0.15, 0.2) is 5.69 Å². The summed E-state index contributed by atoms with van der Waals surface area (Å²) < 4.78 is 68.8. The van der Waals surface area contributed by atoms with E-state index in [1.54, 1.807) is 14.0 Å². The zero-order chi connectivity index (χ0) is 20.0. The van der Waals surface area contributed by atoms with Crippen LogP contribution in [-0.4, -0.2) is 34.5 Å². The van der Waals surface area contributed by atoms with E-state index in [1.807, 2.05) is 0 Å². The highest BCUT2D eigenvalue weighted by Crippen LogP contribution is 2.46. The maximum absolute atomic E-state index is 13.0. The Hall–Kier alpha value is -1.59. The lowest BCUT2D eigenvalue weighted by Crippen LogP contribution is -2.26. The quantitative estimate of drug-likeness (QED) is 0.691. The van der Waals surface area contributed by atoms with Crippen molar-refractivity contribution in [2.45, 2.75) is 49.7 Å². The molecule has 1 fully saturated rings. The second kappa shape index (κ2) is 7.10. The van der Waals surface area contributed by atoms with Crippen LogP contribution >= 0.6 is 11.6 Å². The molecule has 0 aromatic carbocycles. The van der Waals surface area contributed by atoms with Gasteiger partial charge in [-0.25, -0.2) is 13.1 Å². The van der Waals surface area contributed by atoms with Crippen molar-refractivity contribution in [1.29, 1.82) is 0 Å². The summed E-state index contributed by atoms with van der Waals surface area (Å²) in [5.41, 5.74) is -0.209. The third kappa shape index (κ3) is 4.14. The van der Waals surface area contributed by atoms with Crippen LogP contribution in [-0.2, 0) is 29.8 Å². The topological polar surface area (TPSA) is 81.8 Å². The molecule has 2 aromatic heterocycles. The maximum Gasteiger partial charge on any atom is 0.436 e. The number of hydrogen-bond acceptors (Lipinski definition) is 4. The van der Waals surface area contributed by atoms with E-state index in [0.717, 1.165) is 12.8 Å². The van der Waals surface area contributed by atoms with E-state index in [2.05, 4.69) is 14.9 Å². The Morgan fingerprint density at radius 3 is 2.56 bits per heavy atom. The van der Waals surface area contributed by atoms with Crippen molar-refractivity contribution >= 4 is 21.6 Å². The van der Waals surface area contributed by atoms with Crippen molar-refractivity contribution in [3.63, 3.8) is 0 Å². The maximum atomic E-state index is 13.0. The lowest BCUT2D eigenvalue weighted by molar-refractivity contribution is -0.141. The summed E-state index contributed by atoms with van der Waals surface area (Å²) in [4.78, 5) is 0.0742. The number of hydrogen-bond donors (Lipinski definition) is 1. The molecule has 0 saturated heterocycles. The number of rotatable bonds is 7. The molecule has 150 valence electrons. The predicted molar refractivity (Wildman–Crippen MR) is 92.0 cm³/mol. The van der Waals surface area contributed by atoms with E-state index >= 15 is 0 Å². The number of nitrogens with zero attached hydrogens (tertiary/aromatic N) is 4. The van der Waals surface area contributed by atoms with Crippen molar-refractivity contribution in [2.75, 3.05) is 6.54 Å². The average molecular weight is 426 g/mol. The molecule has 2 heterocycles. The van der Waals surface area contributed by atoms with Crippen LogP contribution in [0.3, 0.4) is 0 Å². The standard InChI is InChI=1S/C15H19ClF3N5O2S/c1-9-11(8-20-23(9)2)27(25,26)21-6-3-7-24-13(10-4-5-10)12(16)14(22-24)15(17,18)19/h8,10,21H,3-7H2,1-2H3. The van der Waals surface area contributed by atoms with Gasteiger partial charge in [-0.05, 0) is 26.2 Å². The number of nitrogens with one attached hydrogen (secondary N) is 1. The van der Waals surface area contributed by atoms with Crippen LogP contribution in [0.15, 0.2) is 11.1 Å². The number of sulfonamides is 1. The fourth-order valence-corrected chi connectivity index (χ4v) is 4.48. The average Bonchev–Trinajstić information content (AvgIpc) is 3.25. The molecule has 27 heavy (non-hydrogen) atoms. The molecule has 0 atom stereocenters. The molecule has 0 aliphatic heterocycles. The second-order valence-corrected chi connectivity index (χ2v) is 8.63. The molecule has 0 radical (unpaired) electrons. The Morgan fingerprint density at radius 2 is 2.04 bits per heavy atom. The van der Waals surface area contributed by atoms with E-state index in [9.17, 15) is 21.6 Å². The minimum atomic E-state index is -4.62. The van der Waals surface area contributed by atoms with Gasteiger partial charge in [0.25, 0.3) is 0 Å². The van der Waals surface area contributed by atoms with Gasteiger partial charge < -0.3 is 0 Å². The van der Waals surface area contributed by atoms with Crippen molar-refractivity contribution in [3.8, 4) is 0 Å². The minimum Gasteiger partial charge on any atom is -0.272 e. The molecule has 1 saturated carbocycles. The van der Waals surface area contributed by atoms with Crippen LogP contribution < -0.4 is 4.72 Å². The third-order valence-electron chi connectivity index (χ3n) is 4.48. The van der Waals surface area contributed by atoms with Gasteiger partial charge >= 0.3 is 6.18 Å². The van der Waals surface area contributed by atoms with Crippen LogP contribution in [0.2, 0.25) is 5.02 Å². The van der Waals surface area contributed by atoms with Gasteiger partial charge in [-0.2, -0.15) is 23.4 Å². The lowest BCUT2D eigenvalue weighted by Gasteiger charge is -2.09. The van der Waals surface area contributed by atoms with Crippen LogP contribution in [0, 0.1) is 6.92 Å². The van der Waals surface area contributed by atoms with E-state index in [-0.39, 0.29) is 35.3 Å².